The summed E-state index contributed by atoms with van der Waals surface area (Å²) in [5, 5.41) is 6.94. The maximum absolute atomic E-state index is 11.7. The largest absolute Gasteiger partial charge is 0.495 e. The van der Waals surface area contributed by atoms with E-state index in [1.54, 1.807) is 13.3 Å². The van der Waals surface area contributed by atoms with Gasteiger partial charge >= 0.3 is 0 Å². The maximum atomic E-state index is 11.7. The number of aryl methyl sites for hydroxylation is 1. The summed E-state index contributed by atoms with van der Waals surface area (Å²) in [4.78, 5) is 11.7. The van der Waals surface area contributed by atoms with Crippen LogP contribution in [0.3, 0.4) is 0 Å². The number of nitrogens with zero attached hydrogens (tertiary/aromatic N) is 1. The molecule has 0 radical (unpaired) electrons. The van der Waals surface area contributed by atoms with E-state index in [1.165, 1.54) is 5.56 Å². The first-order chi connectivity index (χ1) is 10.7. The van der Waals surface area contributed by atoms with Gasteiger partial charge in [0.05, 0.1) is 25.6 Å². The first-order valence-corrected chi connectivity index (χ1v) is 6.94. The van der Waals surface area contributed by atoms with E-state index in [0.29, 0.717) is 5.75 Å². The highest BCUT2D eigenvalue weighted by molar-refractivity contribution is 5.84. The first-order valence-electron chi connectivity index (χ1n) is 6.94. The average molecular weight is 297 g/mol. The van der Waals surface area contributed by atoms with Gasteiger partial charge in [-0.25, -0.2) is 5.43 Å². The van der Waals surface area contributed by atoms with Gasteiger partial charge in [0, 0.05) is 0 Å². The van der Waals surface area contributed by atoms with Crippen LogP contribution in [0.25, 0.3) is 0 Å². The Kier molecular flexibility index (Phi) is 5.54. The van der Waals surface area contributed by atoms with Gasteiger partial charge in [-0.15, -0.1) is 0 Å². The van der Waals surface area contributed by atoms with Crippen LogP contribution in [-0.4, -0.2) is 25.8 Å². The molecule has 1 amide bonds. The van der Waals surface area contributed by atoms with Gasteiger partial charge in [-0.3, -0.25) is 4.79 Å². The molecule has 0 aliphatic heterocycles. The highest BCUT2D eigenvalue weighted by atomic mass is 16.5. The van der Waals surface area contributed by atoms with E-state index in [0.717, 1.165) is 11.3 Å². The van der Waals surface area contributed by atoms with Crippen LogP contribution in [0.1, 0.15) is 11.1 Å². The zero-order chi connectivity index (χ0) is 15.8. The second-order valence-corrected chi connectivity index (χ2v) is 4.76. The molecule has 0 unspecified atom stereocenters. The average Bonchev–Trinajstić information content (AvgIpc) is 2.55. The highest BCUT2D eigenvalue weighted by Crippen LogP contribution is 2.22. The van der Waals surface area contributed by atoms with Crippen molar-refractivity contribution >= 4 is 17.8 Å². The number of hydrazone groups is 1. The van der Waals surface area contributed by atoms with Crippen molar-refractivity contribution in [3.63, 3.8) is 0 Å². The fourth-order valence-electron chi connectivity index (χ4n) is 1.84. The third-order valence-corrected chi connectivity index (χ3v) is 3.03. The van der Waals surface area contributed by atoms with Crippen LogP contribution in [-0.2, 0) is 4.79 Å². The van der Waals surface area contributed by atoms with E-state index in [4.69, 9.17) is 4.74 Å². The molecule has 0 heterocycles. The topological polar surface area (TPSA) is 62.7 Å². The van der Waals surface area contributed by atoms with Gasteiger partial charge in [0.15, 0.2) is 0 Å². The molecule has 2 rings (SSSR count). The van der Waals surface area contributed by atoms with Gasteiger partial charge in [-0.2, -0.15) is 5.10 Å². The molecular weight excluding hydrogens is 278 g/mol. The number of anilines is 1. The summed E-state index contributed by atoms with van der Waals surface area (Å²) in [5.41, 5.74) is 5.36. The fraction of sp³-hybridized carbons (Fsp3) is 0.176. The molecule has 5 heteroatoms. The van der Waals surface area contributed by atoms with E-state index in [1.807, 2.05) is 55.5 Å². The molecule has 0 saturated heterocycles. The Morgan fingerprint density at radius 1 is 1.18 bits per heavy atom. The van der Waals surface area contributed by atoms with E-state index < -0.39 is 0 Å². The summed E-state index contributed by atoms with van der Waals surface area (Å²) in [7, 11) is 1.59. The van der Waals surface area contributed by atoms with Gasteiger partial charge in [0.2, 0.25) is 0 Å². The third kappa shape index (κ3) is 4.63. The molecule has 0 bridgehead atoms. The number of hydrogen-bond acceptors (Lipinski definition) is 4. The lowest BCUT2D eigenvalue weighted by atomic mass is 10.2. The van der Waals surface area contributed by atoms with Crippen LogP contribution in [0.4, 0.5) is 5.69 Å². The molecule has 2 aromatic carbocycles. The molecule has 0 atom stereocenters. The number of carbonyl (C=O) groups is 1. The molecule has 0 aliphatic rings. The lowest BCUT2D eigenvalue weighted by Gasteiger charge is -2.09. The van der Waals surface area contributed by atoms with Crippen LogP contribution >= 0.6 is 0 Å². The number of rotatable bonds is 6. The molecule has 0 aliphatic carbocycles. The van der Waals surface area contributed by atoms with Crippen molar-refractivity contribution < 1.29 is 9.53 Å². The summed E-state index contributed by atoms with van der Waals surface area (Å²) in [5.74, 6) is 0.465. The molecule has 0 aromatic heterocycles. The van der Waals surface area contributed by atoms with E-state index >= 15 is 0 Å². The van der Waals surface area contributed by atoms with Gasteiger partial charge in [0.25, 0.3) is 5.91 Å². The van der Waals surface area contributed by atoms with E-state index in [2.05, 4.69) is 15.8 Å². The normalized spacial score (nSPS) is 10.5. The minimum absolute atomic E-state index is 0.117. The molecule has 0 spiro atoms. The summed E-state index contributed by atoms with van der Waals surface area (Å²) in [6, 6.07) is 15.3. The lowest BCUT2D eigenvalue weighted by Crippen LogP contribution is -2.26. The molecule has 22 heavy (non-hydrogen) atoms. The Hall–Kier alpha value is -2.82. The smallest absolute Gasteiger partial charge is 0.259 e. The van der Waals surface area contributed by atoms with Crippen LogP contribution in [0.2, 0.25) is 0 Å². The van der Waals surface area contributed by atoms with Crippen LogP contribution in [0.5, 0.6) is 5.75 Å². The van der Waals surface area contributed by atoms with Gasteiger partial charge in [-0.05, 0) is 24.6 Å². The molecule has 114 valence electrons. The zero-order valence-electron chi connectivity index (χ0n) is 12.7. The van der Waals surface area contributed by atoms with Gasteiger partial charge < -0.3 is 10.1 Å². The number of amides is 1. The van der Waals surface area contributed by atoms with E-state index in [-0.39, 0.29) is 12.5 Å². The van der Waals surface area contributed by atoms with Crippen LogP contribution in [0, 0.1) is 6.92 Å². The van der Waals surface area contributed by atoms with Crippen molar-refractivity contribution in [1.29, 1.82) is 0 Å². The number of ether oxygens (including phenoxy) is 1. The summed E-state index contributed by atoms with van der Waals surface area (Å²) < 4.78 is 5.20. The maximum Gasteiger partial charge on any atom is 0.259 e. The number of carbonyl (C=O) groups excluding carboxylic acids is 1. The third-order valence-electron chi connectivity index (χ3n) is 3.03. The van der Waals surface area contributed by atoms with Crippen molar-refractivity contribution in [2.45, 2.75) is 6.92 Å². The number of nitrogens with one attached hydrogen (secondary N) is 2. The first kappa shape index (κ1) is 15.6. The Labute approximate surface area is 130 Å². The predicted molar refractivity (Wildman–Crippen MR) is 88.4 cm³/mol. The Morgan fingerprint density at radius 2 is 1.91 bits per heavy atom. The van der Waals surface area contributed by atoms with Crippen LogP contribution in [0.15, 0.2) is 53.6 Å². The lowest BCUT2D eigenvalue weighted by molar-refractivity contribution is -0.119. The molecular formula is C17H19N3O2. The molecule has 0 saturated carbocycles. The summed E-state index contributed by atoms with van der Waals surface area (Å²) in [6.45, 7) is 2.14. The number of para-hydroxylation sites is 2. The van der Waals surface area contributed by atoms with Gasteiger partial charge in [0.1, 0.15) is 5.75 Å². The Balaban J connectivity index is 1.82. The number of hydrogen-bond donors (Lipinski definition) is 2. The SMILES string of the molecule is COc1ccccc1NCC(=O)N/N=C\c1ccc(C)cc1. The van der Waals surface area contributed by atoms with Gasteiger partial charge in [-0.1, -0.05) is 42.0 Å². The standard InChI is InChI=1S/C17H19N3O2/c1-13-7-9-14(10-8-13)11-19-20-17(21)12-18-15-5-3-4-6-16(15)22-2/h3-11,18H,12H2,1-2H3,(H,20,21)/b19-11-. The number of methoxy groups -OCH3 is 1. The highest BCUT2D eigenvalue weighted by Gasteiger charge is 2.03. The summed E-state index contributed by atoms with van der Waals surface area (Å²) in [6.07, 6.45) is 1.61. The minimum Gasteiger partial charge on any atom is -0.495 e. The second kappa shape index (κ2) is 7.83. The Bertz CT molecular complexity index is 651. The fourth-order valence-corrected chi connectivity index (χ4v) is 1.84. The summed E-state index contributed by atoms with van der Waals surface area (Å²) >= 11 is 0. The molecule has 5 nitrogen and oxygen atoms in total. The Morgan fingerprint density at radius 3 is 2.64 bits per heavy atom. The number of benzene rings is 2. The second-order valence-electron chi connectivity index (χ2n) is 4.76. The zero-order valence-corrected chi connectivity index (χ0v) is 12.7. The van der Waals surface area contributed by atoms with Crippen LogP contribution < -0.4 is 15.5 Å². The molecule has 2 aromatic rings. The quantitative estimate of drug-likeness (QED) is 0.636. The van der Waals surface area contributed by atoms with E-state index in [9.17, 15) is 4.79 Å². The van der Waals surface area contributed by atoms with Crippen molar-refractivity contribution in [1.82, 2.24) is 5.43 Å². The monoisotopic (exact) mass is 297 g/mol. The van der Waals surface area contributed by atoms with Crippen molar-refractivity contribution in [2.75, 3.05) is 19.0 Å². The predicted octanol–water partition coefficient (Wildman–Crippen LogP) is 2.57. The van der Waals surface area contributed by atoms with Crippen molar-refractivity contribution in [3.8, 4) is 5.75 Å². The minimum atomic E-state index is -0.228. The van der Waals surface area contributed by atoms with Crippen molar-refractivity contribution in [3.05, 3.63) is 59.7 Å². The molecule has 0 fully saturated rings. The molecule has 2 N–H and O–H groups in total. The van der Waals surface area contributed by atoms with Crippen molar-refractivity contribution in [2.24, 2.45) is 5.10 Å².